The molecule has 0 aliphatic carbocycles. The summed E-state index contributed by atoms with van der Waals surface area (Å²) in [5.74, 6) is 0.838. The van der Waals surface area contributed by atoms with Crippen molar-refractivity contribution in [2.75, 3.05) is 0 Å². The molecule has 0 spiro atoms. The van der Waals surface area contributed by atoms with Crippen LogP contribution < -0.4 is 4.74 Å². The summed E-state index contributed by atoms with van der Waals surface area (Å²) in [5.41, 5.74) is 5.71. The molecule has 5 aromatic rings. The number of hydrogen-bond acceptors (Lipinski definition) is 1. The van der Waals surface area contributed by atoms with Gasteiger partial charge in [0.05, 0.1) is 0 Å². The maximum absolute atomic E-state index is 13.1. The highest BCUT2D eigenvalue weighted by Gasteiger charge is 2.20. The quantitative estimate of drug-likeness (QED) is 0.283. The Labute approximate surface area is 188 Å². The van der Waals surface area contributed by atoms with Gasteiger partial charge in [0, 0.05) is 11.1 Å². The zero-order valence-electron chi connectivity index (χ0n) is 17.4. The fraction of sp³-hybridized carbons (Fsp3) is 0. The van der Waals surface area contributed by atoms with E-state index in [1.54, 1.807) is 6.07 Å². The highest BCUT2D eigenvalue weighted by atomic mass is 16.5. The number of hydrogen-bond donors (Lipinski definition) is 0. The summed E-state index contributed by atoms with van der Waals surface area (Å²) in [6.45, 7) is 0. The Morgan fingerprint density at radius 3 is 1.56 bits per heavy atom. The van der Waals surface area contributed by atoms with Gasteiger partial charge in [-0.25, -0.2) is 0 Å². The number of rotatable bonds is 5. The van der Waals surface area contributed by atoms with Gasteiger partial charge in [-0.05, 0) is 40.5 Å². The second-order valence-electron chi connectivity index (χ2n) is 7.51. The van der Waals surface area contributed by atoms with E-state index >= 15 is 0 Å². The van der Waals surface area contributed by atoms with Gasteiger partial charge in [0.2, 0.25) is 5.75 Å². The predicted octanol–water partition coefficient (Wildman–Crippen LogP) is 8.62. The second-order valence-corrected chi connectivity index (χ2v) is 7.51. The molecule has 0 saturated carbocycles. The van der Waals surface area contributed by atoms with Crippen LogP contribution in [-0.2, 0) is 5.11 Å². The molecule has 0 atom stereocenters. The van der Waals surface area contributed by atoms with Gasteiger partial charge in [-0.1, -0.05) is 109 Å². The molecule has 5 aromatic carbocycles. The van der Waals surface area contributed by atoms with E-state index in [4.69, 9.17) is 4.74 Å². The maximum atomic E-state index is 13.1. The summed E-state index contributed by atoms with van der Waals surface area (Å²) in [4.78, 5) is 0. The lowest BCUT2D eigenvalue weighted by atomic mass is 9.93. The van der Waals surface area contributed by atoms with Crippen molar-refractivity contribution in [2.24, 2.45) is 0 Å². The van der Waals surface area contributed by atoms with E-state index < -0.39 is 0 Å². The lowest BCUT2D eigenvalue weighted by Gasteiger charge is -2.18. The minimum atomic E-state index is -0.147. The van der Waals surface area contributed by atoms with Crippen molar-refractivity contribution in [3.63, 3.8) is 0 Å². The molecule has 0 N–H and O–H groups in total. The van der Waals surface area contributed by atoms with Crippen molar-refractivity contribution in [3.05, 3.63) is 127 Å². The molecule has 0 unspecified atom stereocenters. The normalized spacial score (nSPS) is 10.6. The van der Waals surface area contributed by atoms with Gasteiger partial charge in [-0.15, -0.1) is 0 Å². The van der Waals surface area contributed by atoms with Crippen molar-refractivity contribution >= 4 is 0 Å². The Balaban J connectivity index is 1.71. The van der Waals surface area contributed by atoms with E-state index in [2.05, 4.69) is 0 Å². The highest BCUT2D eigenvalue weighted by Crippen LogP contribution is 2.47. The third-order valence-corrected chi connectivity index (χ3v) is 5.45. The summed E-state index contributed by atoms with van der Waals surface area (Å²) in [6, 6.07) is 41.4. The first-order valence-corrected chi connectivity index (χ1v) is 10.6. The summed E-state index contributed by atoms with van der Waals surface area (Å²) in [6.07, 6.45) is 0. The van der Waals surface area contributed by atoms with Crippen LogP contribution in [0.25, 0.3) is 33.4 Å². The van der Waals surface area contributed by atoms with Gasteiger partial charge in [0.25, 0.3) is 0 Å². The Morgan fingerprint density at radius 2 is 0.938 bits per heavy atom. The Kier molecular flexibility index (Phi) is 5.42. The van der Waals surface area contributed by atoms with Gasteiger partial charge in [0.1, 0.15) is 5.75 Å². The van der Waals surface area contributed by atoms with Gasteiger partial charge < -0.3 is 4.74 Å². The first-order valence-electron chi connectivity index (χ1n) is 10.6. The molecule has 2 nitrogen and oxygen atoms in total. The molecule has 0 aliphatic rings. The number of ether oxygens (including phenoxy) is 1. The average molecular weight is 413 g/mol. The summed E-state index contributed by atoms with van der Waals surface area (Å²) in [5, 5.41) is 13.1. The van der Waals surface area contributed by atoms with Crippen LogP contribution in [0.1, 0.15) is 0 Å². The molecule has 0 saturated heterocycles. The van der Waals surface area contributed by atoms with Crippen molar-refractivity contribution in [1.82, 2.24) is 0 Å². The van der Waals surface area contributed by atoms with Crippen LogP contribution in [-0.4, -0.2) is 0 Å². The number of para-hydroxylation sites is 1. The van der Waals surface area contributed by atoms with E-state index in [0.717, 1.165) is 33.4 Å². The Hall–Kier alpha value is -4.30. The second kappa shape index (κ2) is 8.83. The van der Waals surface area contributed by atoms with E-state index in [1.807, 2.05) is 121 Å². The molecule has 0 fully saturated rings. The summed E-state index contributed by atoms with van der Waals surface area (Å²) < 4.78 is 6.43. The fourth-order valence-corrected chi connectivity index (χ4v) is 3.94. The molecule has 153 valence electrons. The zero-order valence-corrected chi connectivity index (χ0v) is 17.4. The molecule has 1 radical (unpaired) electrons. The van der Waals surface area contributed by atoms with Gasteiger partial charge in [0.15, 0.2) is 5.75 Å². The Morgan fingerprint density at radius 1 is 0.438 bits per heavy atom. The van der Waals surface area contributed by atoms with Gasteiger partial charge in [-0.2, -0.15) is 0 Å². The third kappa shape index (κ3) is 3.86. The Bertz CT molecular complexity index is 1330. The maximum Gasteiger partial charge on any atom is 0.221 e. The van der Waals surface area contributed by atoms with Crippen LogP contribution in [0.5, 0.6) is 17.2 Å². The minimum absolute atomic E-state index is 0.147. The smallest absolute Gasteiger partial charge is 0.221 e. The highest BCUT2D eigenvalue weighted by molar-refractivity contribution is 5.90. The molecular weight excluding hydrogens is 392 g/mol. The molecule has 0 bridgehead atoms. The first kappa shape index (κ1) is 19.7. The number of benzene rings is 5. The lowest BCUT2D eigenvalue weighted by molar-refractivity contribution is 0.330. The summed E-state index contributed by atoms with van der Waals surface area (Å²) in [7, 11) is 0. The van der Waals surface area contributed by atoms with Crippen LogP contribution in [0.3, 0.4) is 0 Å². The molecule has 0 aromatic heterocycles. The fourth-order valence-electron chi connectivity index (χ4n) is 3.94. The third-order valence-electron chi connectivity index (χ3n) is 5.45. The van der Waals surface area contributed by atoms with Crippen molar-refractivity contribution < 1.29 is 9.84 Å². The predicted molar refractivity (Wildman–Crippen MR) is 129 cm³/mol. The molecule has 2 heteroatoms. The average Bonchev–Trinajstić information content (AvgIpc) is 2.87. The van der Waals surface area contributed by atoms with Crippen LogP contribution >= 0.6 is 0 Å². The van der Waals surface area contributed by atoms with Crippen LogP contribution in [0.4, 0.5) is 0 Å². The molecule has 0 aliphatic heterocycles. The van der Waals surface area contributed by atoms with Crippen molar-refractivity contribution in [3.8, 4) is 50.6 Å². The molecular formula is C30H21O2. The topological polar surface area (TPSA) is 29.1 Å². The van der Waals surface area contributed by atoms with Gasteiger partial charge >= 0.3 is 0 Å². The van der Waals surface area contributed by atoms with E-state index in [-0.39, 0.29) is 5.75 Å². The first-order chi connectivity index (χ1) is 15.8. The molecule has 0 heterocycles. The lowest BCUT2D eigenvalue weighted by Crippen LogP contribution is -1.94. The monoisotopic (exact) mass is 413 g/mol. The largest absolute Gasteiger partial charge is 0.452 e. The molecule has 5 rings (SSSR count). The SMILES string of the molecule is [O]c1ccc(-c2ccccc2)c(-c2ccccc2)c1Oc1ccccc1-c1ccccc1. The molecule has 0 amide bonds. The minimum Gasteiger partial charge on any atom is -0.452 e. The van der Waals surface area contributed by atoms with Crippen molar-refractivity contribution in [1.29, 1.82) is 0 Å². The van der Waals surface area contributed by atoms with Crippen LogP contribution in [0, 0.1) is 0 Å². The van der Waals surface area contributed by atoms with E-state index in [9.17, 15) is 5.11 Å². The van der Waals surface area contributed by atoms with E-state index in [1.165, 1.54) is 0 Å². The zero-order chi connectivity index (χ0) is 21.8. The summed E-state index contributed by atoms with van der Waals surface area (Å²) >= 11 is 0. The standard InChI is InChI=1S/C30H21O2/c31-27-21-20-26(23-14-6-2-7-15-23)29(24-16-8-3-9-17-24)30(27)32-28-19-11-10-18-25(28)22-12-4-1-5-13-22/h1-21H. The van der Waals surface area contributed by atoms with Crippen LogP contribution in [0.15, 0.2) is 127 Å². The van der Waals surface area contributed by atoms with E-state index in [0.29, 0.717) is 11.5 Å². The van der Waals surface area contributed by atoms with Crippen molar-refractivity contribution in [2.45, 2.75) is 0 Å². The van der Waals surface area contributed by atoms with Crippen LogP contribution in [0.2, 0.25) is 0 Å². The molecule has 32 heavy (non-hydrogen) atoms. The van der Waals surface area contributed by atoms with Gasteiger partial charge in [-0.3, -0.25) is 5.11 Å².